The number of halogens is 2. The number of fused-ring (bicyclic) bond motifs is 1. The minimum atomic E-state index is -0.721. The van der Waals surface area contributed by atoms with Gasteiger partial charge in [0.25, 0.3) is 5.91 Å². The topological polar surface area (TPSA) is 110 Å². The molecule has 10 heteroatoms. The van der Waals surface area contributed by atoms with Crippen molar-refractivity contribution < 1.29 is 18.3 Å². The number of amides is 1. The summed E-state index contributed by atoms with van der Waals surface area (Å²) in [6.45, 7) is 3.04. The largest absolute Gasteiger partial charge is 0.457 e. The monoisotopic (exact) mass is 554 g/mol. The first-order valence-electron chi connectivity index (χ1n) is 13.6. The summed E-state index contributed by atoms with van der Waals surface area (Å²) in [6, 6.07) is 12.2. The zero-order valence-electron chi connectivity index (χ0n) is 22.5. The second-order valence-electron chi connectivity index (χ2n) is 10.6. The fraction of sp³-hybridized carbons (Fsp3) is 0.290. The van der Waals surface area contributed by atoms with Gasteiger partial charge in [-0.15, -0.1) is 0 Å². The van der Waals surface area contributed by atoms with Crippen LogP contribution < -0.4 is 10.5 Å². The Hall–Kier alpha value is -4.78. The number of carbonyl (C=O) groups excluding carboxylic acids is 1. The number of ether oxygens (including phenoxy) is 1. The zero-order valence-corrected chi connectivity index (χ0v) is 22.5. The number of hydrogen-bond acceptors (Lipinski definition) is 6. The van der Waals surface area contributed by atoms with Crippen molar-refractivity contribution in [1.29, 1.82) is 5.26 Å². The van der Waals surface area contributed by atoms with E-state index in [0.717, 1.165) is 60.7 Å². The fourth-order valence-corrected chi connectivity index (χ4v) is 5.66. The van der Waals surface area contributed by atoms with Gasteiger partial charge in [-0.1, -0.05) is 18.2 Å². The molecule has 2 fully saturated rings. The summed E-state index contributed by atoms with van der Waals surface area (Å²) >= 11 is 0. The second kappa shape index (κ2) is 10.7. The number of nitrogens with two attached hydrogens (primary N) is 1. The predicted molar refractivity (Wildman–Crippen MR) is 150 cm³/mol. The Morgan fingerprint density at radius 1 is 1.10 bits per heavy atom. The van der Waals surface area contributed by atoms with Gasteiger partial charge in [0.15, 0.2) is 0 Å². The fourth-order valence-electron chi connectivity index (χ4n) is 5.66. The van der Waals surface area contributed by atoms with Crippen LogP contribution in [0.25, 0.3) is 22.2 Å². The molecule has 4 aromatic rings. The summed E-state index contributed by atoms with van der Waals surface area (Å²) < 4.78 is 35.0. The highest BCUT2D eigenvalue weighted by Gasteiger charge is 2.31. The maximum atomic E-state index is 13.6. The molecule has 1 amide bonds. The number of rotatable bonds is 6. The number of anilines is 1. The lowest BCUT2D eigenvalue weighted by Gasteiger charge is -2.34. The number of benzene rings is 2. The number of hydrogen-bond donors (Lipinski definition) is 1. The summed E-state index contributed by atoms with van der Waals surface area (Å²) in [4.78, 5) is 23.8. The Balaban J connectivity index is 1.33. The molecule has 6 rings (SSSR count). The molecule has 0 unspecified atom stereocenters. The predicted octanol–water partition coefficient (Wildman–Crippen LogP) is 6.08. The van der Waals surface area contributed by atoms with E-state index in [0.29, 0.717) is 41.6 Å². The third-order valence-corrected chi connectivity index (χ3v) is 7.70. The molecule has 2 N–H and O–H groups in total. The first-order chi connectivity index (χ1) is 19.8. The molecule has 1 saturated heterocycles. The summed E-state index contributed by atoms with van der Waals surface area (Å²) in [7, 11) is 0. The van der Waals surface area contributed by atoms with Crippen molar-refractivity contribution in [2.75, 3.05) is 18.8 Å². The van der Waals surface area contributed by atoms with Crippen LogP contribution in [-0.2, 0) is 4.79 Å². The lowest BCUT2D eigenvalue weighted by molar-refractivity contribution is -0.128. The highest BCUT2D eigenvalue weighted by atomic mass is 19.1. The molecule has 2 aromatic heterocycles. The Bertz CT molecular complexity index is 1700. The number of aromatic nitrogens is 3. The normalized spacial score (nSPS) is 17.5. The average Bonchev–Trinajstić information content (AvgIpc) is 3.72. The Morgan fingerprint density at radius 2 is 1.83 bits per heavy atom. The van der Waals surface area contributed by atoms with Crippen molar-refractivity contribution in [3.8, 4) is 28.7 Å². The van der Waals surface area contributed by atoms with E-state index in [-0.39, 0.29) is 23.3 Å². The van der Waals surface area contributed by atoms with Gasteiger partial charge in [0, 0.05) is 42.5 Å². The SMILES string of the molecule is Cc1c(-c2ccc(Oc3cc(F)cc(F)c3)cc2)c2c(N)ncnc2n1[C@@H]1CCCN(C(=O)C(C#N)=CC2CC2)C1. The van der Waals surface area contributed by atoms with Gasteiger partial charge in [-0.05, 0) is 56.2 Å². The number of piperidine rings is 1. The Morgan fingerprint density at radius 3 is 2.51 bits per heavy atom. The Labute approximate surface area is 235 Å². The van der Waals surface area contributed by atoms with Crippen LogP contribution in [0.3, 0.4) is 0 Å². The molecule has 2 aliphatic rings. The van der Waals surface area contributed by atoms with E-state index >= 15 is 0 Å². The van der Waals surface area contributed by atoms with Crippen LogP contribution in [0.2, 0.25) is 0 Å². The van der Waals surface area contributed by atoms with E-state index in [9.17, 15) is 18.8 Å². The molecule has 1 saturated carbocycles. The van der Waals surface area contributed by atoms with E-state index in [4.69, 9.17) is 10.5 Å². The molecule has 1 atom stereocenters. The summed E-state index contributed by atoms with van der Waals surface area (Å²) in [5.41, 5.74) is 9.90. The molecule has 1 aliphatic carbocycles. The maximum absolute atomic E-state index is 13.6. The van der Waals surface area contributed by atoms with Crippen molar-refractivity contribution >= 4 is 22.8 Å². The molecule has 2 aromatic carbocycles. The molecule has 8 nitrogen and oxygen atoms in total. The van der Waals surface area contributed by atoms with Gasteiger partial charge in [0.1, 0.15) is 52.6 Å². The van der Waals surface area contributed by atoms with Crippen LogP contribution in [0, 0.1) is 35.8 Å². The molecule has 41 heavy (non-hydrogen) atoms. The number of nitrogens with zero attached hydrogens (tertiary/aromatic N) is 5. The van der Waals surface area contributed by atoms with Crippen molar-refractivity contribution in [3.63, 3.8) is 0 Å². The van der Waals surface area contributed by atoms with Gasteiger partial charge in [0.05, 0.1) is 11.4 Å². The standard InChI is InChI=1S/C31H28F2N6O2/c1-18-27(20-6-8-25(9-7-20)41-26-13-22(32)12-23(33)14-26)28-29(35)36-17-37-30(28)39(18)24-3-2-10-38(16-24)31(40)21(15-34)11-19-4-5-19/h6-9,11-14,17,19,24H,2-5,10,16H2,1H3,(H2,35,36,37)/t24-/m1/s1. The molecule has 208 valence electrons. The summed E-state index contributed by atoms with van der Waals surface area (Å²) in [5, 5.41) is 10.3. The number of carbonyl (C=O) groups is 1. The number of nitrogen functional groups attached to an aromatic ring is 1. The van der Waals surface area contributed by atoms with Crippen LogP contribution in [0.15, 0.2) is 60.4 Å². The van der Waals surface area contributed by atoms with Gasteiger partial charge in [-0.3, -0.25) is 4.79 Å². The highest BCUT2D eigenvalue weighted by molar-refractivity contribution is 6.02. The van der Waals surface area contributed by atoms with Gasteiger partial charge in [0.2, 0.25) is 0 Å². The number of nitriles is 1. The van der Waals surface area contributed by atoms with Gasteiger partial charge >= 0.3 is 0 Å². The molecule has 1 aliphatic heterocycles. The van der Waals surface area contributed by atoms with Gasteiger partial charge in [-0.2, -0.15) is 5.26 Å². The van der Waals surface area contributed by atoms with Crippen LogP contribution in [0.5, 0.6) is 11.5 Å². The minimum Gasteiger partial charge on any atom is -0.457 e. The molecule has 0 radical (unpaired) electrons. The highest BCUT2D eigenvalue weighted by Crippen LogP contribution is 2.40. The average molecular weight is 555 g/mol. The molecular weight excluding hydrogens is 526 g/mol. The first kappa shape index (κ1) is 26.4. The summed E-state index contributed by atoms with van der Waals surface area (Å²) in [5.74, 6) is -0.518. The Kier molecular flexibility index (Phi) is 6.87. The van der Waals surface area contributed by atoms with E-state index in [1.165, 1.54) is 6.33 Å². The third kappa shape index (κ3) is 5.23. The van der Waals surface area contributed by atoms with E-state index in [1.54, 1.807) is 17.0 Å². The van der Waals surface area contributed by atoms with Crippen molar-refractivity contribution in [2.24, 2.45) is 5.92 Å². The van der Waals surface area contributed by atoms with Crippen molar-refractivity contribution in [1.82, 2.24) is 19.4 Å². The second-order valence-corrected chi connectivity index (χ2v) is 10.6. The van der Waals surface area contributed by atoms with Crippen LogP contribution in [0.1, 0.15) is 37.4 Å². The molecule has 0 bridgehead atoms. The van der Waals surface area contributed by atoms with Gasteiger partial charge < -0.3 is 19.9 Å². The van der Waals surface area contributed by atoms with E-state index in [1.807, 2.05) is 25.1 Å². The van der Waals surface area contributed by atoms with Crippen molar-refractivity contribution in [2.45, 2.75) is 38.6 Å². The minimum absolute atomic E-state index is 0.0589. The summed E-state index contributed by atoms with van der Waals surface area (Å²) in [6.07, 6.45) is 6.92. The van der Waals surface area contributed by atoms with Crippen LogP contribution >= 0.6 is 0 Å². The molecular formula is C31H28F2N6O2. The lowest BCUT2D eigenvalue weighted by Crippen LogP contribution is -2.41. The van der Waals surface area contributed by atoms with Gasteiger partial charge in [-0.25, -0.2) is 18.7 Å². The quantitative estimate of drug-likeness (QED) is 0.228. The molecule has 3 heterocycles. The third-order valence-electron chi connectivity index (χ3n) is 7.70. The smallest absolute Gasteiger partial charge is 0.264 e. The number of allylic oxidation sites excluding steroid dienone is 1. The lowest BCUT2D eigenvalue weighted by atomic mass is 10.0. The zero-order chi connectivity index (χ0) is 28.7. The van der Waals surface area contributed by atoms with Crippen LogP contribution in [-0.4, -0.2) is 38.4 Å². The first-order valence-corrected chi connectivity index (χ1v) is 13.6. The van der Waals surface area contributed by atoms with E-state index in [2.05, 4.69) is 20.6 Å². The molecule has 0 spiro atoms. The maximum Gasteiger partial charge on any atom is 0.264 e. The van der Waals surface area contributed by atoms with E-state index < -0.39 is 11.6 Å². The number of likely N-dealkylation sites (tertiary alicyclic amines) is 1. The van der Waals surface area contributed by atoms with Crippen molar-refractivity contribution in [3.05, 3.63) is 77.8 Å². The van der Waals surface area contributed by atoms with Crippen LogP contribution in [0.4, 0.5) is 14.6 Å².